The first-order valence-corrected chi connectivity index (χ1v) is 11.9. The number of pyridine rings is 1. The lowest BCUT2D eigenvalue weighted by Crippen LogP contribution is -2.29. The molecule has 2 aromatic heterocycles. The maximum atomic E-state index is 12.0. The molecule has 2 N–H and O–H groups in total. The number of rotatable bonds is 6. The van der Waals surface area contributed by atoms with Crippen LogP contribution in [0.3, 0.4) is 0 Å². The van der Waals surface area contributed by atoms with Gasteiger partial charge in [0.15, 0.2) is 5.11 Å². The zero-order valence-electron chi connectivity index (χ0n) is 19.6. The second kappa shape index (κ2) is 9.35. The minimum absolute atomic E-state index is 0.116. The predicted molar refractivity (Wildman–Crippen MR) is 140 cm³/mol. The normalized spacial score (nSPS) is 17.4. The molecule has 0 aliphatic carbocycles. The molecule has 0 bridgehead atoms. The van der Waals surface area contributed by atoms with E-state index in [4.69, 9.17) is 12.2 Å². The second-order valence-electron chi connectivity index (χ2n) is 8.72. The first kappa shape index (κ1) is 22.8. The molecule has 176 valence electrons. The molecule has 4 aromatic rings. The topological polar surface area (TPSA) is 70.4 Å². The van der Waals surface area contributed by atoms with E-state index in [1.807, 2.05) is 66.9 Å². The number of aromatic carboxylic acids is 1. The Morgan fingerprint density at radius 2 is 1.74 bits per heavy atom. The van der Waals surface area contributed by atoms with E-state index in [-0.39, 0.29) is 17.6 Å². The van der Waals surface area contributed by atoms with Gasteiger partial charge in [0, 0.05) is 24.1 Å². The number of carbonyl (C=O) groups is 1. The van der Waals surface area contributed by atoms with Crippen molar-refractivity contribution in [3.63, 3.8) is 0 Å². The Kier molecular flexibility index (Phi) is 6.09. The number of benzene rings is 2. The smallest absolute Gasteiger partial charge is 0.337 e. The van der Waals surface area contributed by atoms with E-state index in [1.165, 1.54) is 0 Å². The Morgan fingerprint density at radius 3 is 2.46 bits per heavy atom. The summed E-state index contributed by atoms with van der Waals surface area (Å²) in [5.74, 6) is -0.949. The highest BCUT2D eigenvalue weighted by Crippen LogP contribution is 2.42. The fraction of sp³-hybridized carbons (Fsp3) is 0.179. The van der Waals surface area contributed by atoms with Gasteiger partial charge in [-0.2, -0.15) is 0 Å². The average Bonchev–Trinajstić information content (AvgIpc) is 3.35. The van der Waals surface area contributed by atoms with Crippen LogP contribution >= 0.6 is 12.2 Å². The first-order chi connectivity index (χ1) is 17.0. The van der Waals surface area contributed by atoms with Crippen LogP contribution in [0.4, 0.5) is 0 Å². The fourth-order valence-electron chi connectivity index (χ4n) is 5.00. The van der Waals surface area contributed by atoms with Crippen LogP contribution in [0, 0.1) is 13.8 Å². The highest BCUT2D eigenvalue weighted by molar-refractivity contribution is 7.80. The fourth-order valence-corrected chi connectivity index (χ4v) is 5.31. The summed E-state index contributed by atoms with van der Waals surface area (Å²) in [5.41, 5.74) is 6.01. The summed E-state index contributed by atoms with van der Waals surface area (Å²) in [6, 6.07) is 25.1. The maximum Gasteiger partial charge on any atom is 0.337 e. The van der Waals surface area contributed by atoms with E-state index in [2.05, 4.69) is 33.4 Å². The quantitative estimate of drug-likeness (QED) is 0.361. The molecule has 1 fully saturated rings. The van der Waals surface area contributed by atoms with E-state index in [1.54, 1.807) is 18.3 Å². The maximum absolute atomic E-state index is 12.0. The van der Waals surface area contributed by atoms with Gasteiger partial charge >= 0.3 is 5.97 Å². The van der Waals surface area contributed by atoms with Crippen molar-refractivity contribution in [2.24, 2.45) is 0 Å². The lowest BCUT2D eigenvalue weighted by atomic mass is 9.96. The monoisotopic (exact) mass is 482 g/mol. The van der Waals surface area contributed by atoms with Gasteiger partial charge in [0.05, 0.1) is 29.0 Å². The molecule has 1 aliphatic rings. The van der Waals surface area contributed by atoms with E-state index in [0.717, 1.165) is 28.2 Å². The molecular weight excluding hydrogens is 456 g/mol. The SMILES string of the molecule is Cc1cc([C@@H]2[C@H](c3ccccn3)NC(=S)N2Cc2ccccc2)c(C)n1-c1ccccc1C(=O)O. The van der Waals surface area contributed by atoms with Crippen molar-refractivity contribution in [1.29, 1.82) is 0 Å². The number of para-hydroxylation sites is 1. The lowest BCUT2D eigenvalue weighted by Gasteiger charge is -2.28. The lowest BCUT2D eigenvalue weighted by molar-refractivity contribution is 0.0697. The number of hydrogen-bond acceptors (Lipinski definition) is 3. The molecule has 0 spiro atoms. The molecule has 0 amide bonds. The van der Waals surface area contributed by atoms with Gasteiger partial charge in [-0.15, -0.1) is 0 Å². The van der Waals surface area contributed by atoms with Gasteiger partial charge in [-0.05, 0) is 67.5 Å². The summed E-state index contributed by atoms with van der Waals surface area (Å²) >= 11 is 5.83. The Morgan fingerprint density at radius 1 is 1.03 bits per heavy atom. The zero-order valence-corrected chi connectivity index (χ0v) is 20.4. The van der Waals surface area contributed by atoms with Crippen molar-refractivity contribution in [3.8, 4) is 5.69 Å². The van der Waals surface area contributed by atoms with E-state index < -0.39 is 5.97 Å². The minimum atomic E-state index is -0.949. The summed E-state index contributed by atoms with van der Waals surface area (Å²) in [6.07, 6.45) is 1.80. The number of hydrogen-bond donors (Lipinski definition) is 2. The first-order valence-electron chi connectivity index (χ1n) is 11.5. The molecular formula is C28H26N4O2S. The summed E-state index contributed by atoms with van der Waals surface area (Å²) < 4.78 is 2.02. The van der Waals surface area contributed by atoms with Crippen molar-refractivity contribution in [2.75, 3.05) is 0 Å². The summed E-state index contributed by atoms with van der Waals surface area (Å²) in [6.45, 7) is 4.70. The molecule has 1 saturated heterocycles. The number of nitrogens with zero attached hydrogens (tertiary/aromatic N) is 3. The third-order valence-corrected chi connectivity index (χ3v) is 6.91. The van der Waals surface area contributed by atoms with Crippen molar-refractivity contribution >= 4 is 23.3 Å². The largest absolute Gasteiger partial charge is 0.478 e. The van der Waals surface area contributed by atoms with E-state index in [0.29, 0.717) is 17.3 Å². The molecule has 7 heteroatoms. The Balaban J connectivity index is 1.65. The molecule has 1 aliphatic heterocycles. The third-order valence-electron chi connectivity index (χ3n) is 6.56. The van der Waals surface area contributed by atoms with Gasteiger partial charge < -0.3 is 19.9 Å². The number of nitrogens with one attached hydrogen (secondary N) is 1. The molecule has 6 nitrogen and oxygen atoms in total. The number of aromatic nitrogens is 2. The van der Waals surface area contributed by atoms with E-state index >= 15 is 0 Å². The Bertz CT molecular complexity index is 1380. The predicted octanol–water partition coefficient (Wildman–Crippen LogP) is 5.36. The van der Waals surface area contributed by atoms with Crippen LogP contribution in [0.1, 0.15) is 50.7 Å². The number of carboxylic acid groups (broad SMARTS) is 1. The van der Waals surface area contributed by atoms with Crippen LogP contribution in [0.2, 0.25) is 0 Å². The van der Waals surface area contributed by atoms with Gasteiger partial charge in [0.1, 0.15) is 0 Å². The van der Waals surface area contributed by atoms with Crippen molar-refractivity contribution in [1.82, 2.24) is 19.8 Å². The molecule has 2 atom stereocenters. The number of carboxylic acids is 1. The average molecular weight is 483 g/mol. The van der Waals surface area contributed by atoms with Crippen molar-refractivity contribution in [2.45, 2.75) is 32.5 Å². The molecule has 5 rings (SSSR count). The van der Waals surface area contributed by atoms with Crippen molar-refractivity contribution < 1.29 is 9.90 Å². The van der Waals surface area contributed by atoms with Crippen LogP contribution in [0.15, 0.2) is 85.1 Å². The molecule has 0 unspecified atom stereocenters. The Hall–Kier alpha value is -3.97. The van der Waals surface area contributed by atoms with Crippen LogP contribution < -0.4 is 5.32 Å². The van der Waals surface area contributed by atoms with Crippen LogP contribution in [0.5, 0.6) is 0 Å². The van der Waals surface area contributed by atoms with E-state index in [9.17, 15) is 9.90 Å². The minimum Gasteiger partial charge on any atom is -0.478 e. The molecule has 2 aromatic carbocycles. The molecule has 35 heavy (non-hydrogen) atoms. The van der Waals surface area contributed by atoms with Gasteiger partial charge in [-0.1, -0.05) is 48.5 Å². The highest BCUT2D eigenvalue weighted by atomic mass is 32.1. The molecule has 0 saturated carbocycles. The summed E-state index contributed by atoms with van der Waals surface area (Å²) in [5, 5.41) is 14.0. The van der Waals surface area contributed by atoms with Crippen LogP contribution in [-0.4, -0.2) is 30.6 Å². The van der Waals surface area contributed by atoms with Crippen molar-refractivity contribution in [3.05, 3.63) is 119 Å². The van der Waals surface area contributed by atoms with Gasteiger partial charge in [-0.25, -0.2) is 4.79 Å². The van der Waals surface area contributed by atoms with Gasteiger partial charge in [0.25, 0.3) is 0 Å². The molecule has 3 heterocycles. The number of aryl methyl sites for hydroxylation is 1. The summed E-state index contributed by atoms with van der Waals surface area (Å²) in [4.78, 5) is 18.8. The second-order valence-corrected chi connectivity index (χ2v) is 9.11. The van der Waals surface area contributed by atoms with Crippen LogP contribution in [-0.2, 0) is 6.54 Å². The van der Waals surface area contributed by atoms with Gasteiger partial charge in [-0.3, -0.25) is 4.98 Å². The third kappa shape index (κ3) is 4.19. The molecule has 0 radical (unpaired) electrons. The summed E-state index contributed by atoms with van der Waals surface area (Å²) in [7, 11) is 0. The highest BCUT2D eigenvalue weighted by Gasteiger charge is 2.41. The Labute approximate surface area is 209 Å². The number of thiocarbonyl (C=S) groups is 1. The van der Waals surface area contributed by atoms with Crippen LogP contribution in [0.25, 0.3) is 5.69 Å². The zero-order chi connectivity index (χ0) is 24.5. The standard InChI is InChI=1S/C28H26N4O2S/c1-18-16-22(19(2)32(18)24-14-7-6-12-21(24)27(33)34)26-25(23-13-8-9-15-29-23)30-28(35)31(26)17-20-10-4-3-5-11-20/h3-16,25-26H,17H2,1-2H3,(H,30,35)(H,33,34)/t25-,26+/m0/s1. The van der Waals surface area contributed by atoms with Gasteiger partial charge in [0.2, 0.25) is 0 Å².